The molecule has 0 bridgehead atoms. The van der Waals surface area contributed by atoms with Crippen LogP contribution < -0.4 is 4.90 Å². The minimum absolute atomic E-state index is 0.0463. The van der Waals surface area contributed by atoms with Crippen molar-refractivity contribution in [2.75, 3.05) is 18.0 Å². The molecule has 2 aromatic rings. The third kappa shape index (κ3) is 4.27. The fourth-order valence-corrected chi connectivity index (χ4v) is 4.40. The van der Waals surface area contributed by atoms with Crippen LogP contribution in [-0.4, -0.2) is 34.7 Å². The molecule has 0 aliphatic carbocycles. The highest BCUT2D eigenvalue weighted by Gasteiger charge is 2.43. The second-order valence-electron chi connectivity index (χ2n) is 9.94. The summed E-state index contributed by atoms with van der Waals surface area (Å²) in [6.45, 7) is 9.91. The quantitative estimate of drug-likeness (QED) is 0.378. The molecule has 172 valence electrons. The van der Waals surface area contributed by atoms with Gasteiger partial charge in [-0.3, -0.25) is 19.7 Å². The molecular formula is C26H29N3O4. The molecule has 1 saturated heterocycles. The van der Waals surface area contributed by atoms with Gasteiger partial charge in [0.15, 0.2) is 0 Å². The molecule has 0 N–H and O–H groups in total. The van der Waals surface area contributed by atoms with Crippen LogP contribution in [-0.2, 0) is 15.0 Å². The monoisotopic (exact) mass is 447 g/mol. The van der Waals surface area contributed by atoms with Crippen molar-refractivity contribution in [1.82, 2.24) is 4.90 Å². The van der Waals surface area contributed by atoms with Crippen LogP contribution in [0.25, 0.3) is 5.57 Å². The van der Waals surface area contributed by atoms with E-state index in [1.54, 1.807) is 12.1 Å². The van der Waals surface area contributed by atoms with Crippen LogP contribution in [0.3, 0.4) is 0 Å². The first-order valence-electron chi connectivity index (χ1n) is 11.3. The number of benzene rings is 2. The average Bonchev–Trinajstić information content (AvgIpc) is 3.04. The van der Waals surface area contributed by atoms with E-state index in [0.717, 1.165) is 18.4 Å². The number of anilines is 1. The van der Waals surface area contributed by atoms with E-state index in [1.807, 2.05) is 29.2 Å². The number of nitrogens with zero attached hydrogens (tertiary/aromatic N) is 3. The van der Waals surface area contributed by atoms with Crippen LogP contribution in [0, 0.1) is 16.0 Å². The first-order chi connectivity index (χ1) is 15.6. The molecule has 2 amide bonds. The zero-order valence-corrected chi connectivity index (χ0v) is 19.5. The Labute approximate surface area is 193 Å². The third-order valence-electron chi connectivity index (χ3n) is 6.52. The first kappa shape index (κ1) is 22.7. The molecule has 4 rings (SSSR count). The molecule has 0 atom stereocenters. The number of nitro groups is 1. The van der Waals surface area contributed by atoms with E-state index in [9.17, 15) is 19.7 Å². The number of imide groups is 1. The summed E-state index contributed by atoms with van der Waals surface area (Å²) in [4.78, 5) is 41.1. The minimum atomic E-state index is -0.476. The number of non-ortho nitro benzene ring substituents is 1. The van der Waals surface area contributed by atoms with Crippen LogP contribution in [0.1, 0.15) is 51.7 Å². The summed E-state index contributed by atoms with van der Waals surface area (Å²) in [5.74, 6) is -0.171. The number of rotatable bonds is 4. The largest absolute Gasteiger partial charge is 0.366 e. The summed E-state index contributed by atoms with van der Waals surface area (Å²) >= 11 is 0. The minimum Gasteiger partial charge on any atom is -0.366 e. The number of hydrogen-bond donors (Lipinski definition) is 0. The van der Waals surface area contributed by atoms with Crippen molar-refractivity contribution < 1.29 is 14.5 Å². The number of amides is 2. The molecule has 33 heavy (non-hydrogen) atoms. The summed E-state index contributed by atoms with van der Waals surface area (Å²) in [6, 6.07) is 13.4. The highest BCUT2D eigenvalue weighted by atomic mass is 16.6. The number of piperidine rings is 1. The van der Waals surface area contributed by atoms with Gasteiger partial charge in [-0.15, -0.1) is 0 Å². The zero-order chi connectivity index (χ0) is 23.9. The number of carbonyl (C=O) groups excluding carboxylic acids is 2. The Morgan fingerprint density at radius 1 is 0.909 bits per heavy atom. The van der Waals surface area contributed by atoms with Gasteiger partial charge in [-0.1, -0.05) is 39.8 Å². The van der Waals surface area contributed by atoms with E-state index >= 15 is 0 Å². The van der Waals surface area contributed by atoms with Gasteiger partial charge in [0.1, 0.15) is 5.70 Å². The van der Waals surface area contributed by atoms with E-state index in [0.29, 0.717) is 41.5 Å². The molecule has 0 unspecified atom stereocenters. The lowest BCUT2D eigenvalue weighted by Gasteiger charge is -2.32. The lowest BCUT2D eigenvalue weighted by Crippen LogP contribution is -2.38. The van der Waals surface area contributed by atoms with Gasteiger partial charge in [0.25, 0.3) is 17.5 Å². The molecule has 0 aromatic heterocycles. The standard InChI is InChI=1S/C26H29N3O4/c1-17-13-15-27(16-14-17)23-22(18-5-9-21(10-6-18)29(32)33)24(30)28(25(23)31)20-11-7-19(8-12-20)26(2,3)4/h5-12,17H,13-16H2,1-4H3. The number of likely N-dealkylation sites (tertiary alicyclic amines) is 1. The molecule has 0 spiro atoms. The van der Waals surface area contributed by atoms with Gasteiger partial charge in [0, 0.05) is 25.2 Å². The van der Waals surface area contributed by atoms with Crippen LogP contribution in [0.4, 0.5) is 11.4 Å². The first-order valence-corrected chi connectivity index (χ1v) is 11.3. The van der Waals surface area contributed by atoms with Crippen LogP contribution in [0.5, 0.6) is 0 Å². The Morgan fingerprint density at radius 2 is 1.48 bits per heavy atom. The maximum absolute atomic E-state index is 13.6. The molecular weight excluding hydrogens is 418 g/mol. The van der Waals surface area contributed by atoms with E-state index in [4.69, 9.17) is 0 Å². The van der Waals surface area contributed by atoms with Crippen molar-refractivity contribution in [2.24, 2.45) is 5.92 Å². The zero-order valence-electron chi connectivity index (χ0n) is 19.5. The maximum Gasteiger partial charge on any atom is 0.282 e. The second-order valence-corrected chi connectivity index (χ2v) is 9.94. The third-order valence-corrected chi connectivity index (χ3v) is 6.52. The topological polar surface area (TPSA) is 83.8 Å². The summed E-state index contributed by atoms with van der Waals surface area (Å²) in [5.41, 5.74) is 2.75. The van der Waals surface area contributed by atoms with Gasteiger partial charge >= 0.3 is 0 Å². The normalized spacial score (nSPS) is 17.8. The van der Waals surface area contributed by atoms with Crippen molar-refractivity contribution in [2.45, 2.75) is 46.0 Å². The fraction of sp³-hybridized carbons (Fsp3) is 0.385. The number of carbonyl (C=O) groups is 2. The van der Waals surface area contributed by atoms with Crippen LogP contribution >= 0.6 is 0 Å². The second kappa shape index (κ2) is 8.46. The summed E-state index contributed by atoms with van der Waals surface area (Å²) in [7, 11) is 0. The van der Waals surface area contributed by atoms with Gasteiger partial charge in [-0.05, 0) is 59.6 Å². The van der Waals surface area contributed by atoms with E-state index in [-0.39, 0.29) is 17.0 Å². The molecule has 2 aromatic carbocycles. The van der Waals surface area contributed by atoms with Gasteiger partial charge in [0.05, 0.1) is 16.2 Å². The highest BCUT2D eigenvalue weighted by Crippen LogP contribution is 2.37. The molecule has 0 saturated carbocycles. The van der Waals surface area contributed by atoms with E-state index in [2.05, 4.69) is 27.7 Å². The molecule has 2 aliphatic rings. The van der Waals surface area contributed by atoms with Gasteiger partial charge in [-0.25, -0.2) is 4.90 Å². The Kier molecular flexibility index (Phi) is 5.82. The Balaban J connectivity index is 1.76. The van der Waals surface area contributed by atoms with Crippen molar-refractivity contribution >= 4 is 28.8 Å². The van der Waals surface area contributed by atoms with Gasteiger partial charge in [-0.2, -0.15) is 0 Å². The maximum atomic E-state index is 13.6. The van der Waals surface area contributed by atoms with Gasteiger partial charge < -0.3 is 4.90 Å². The van der Waals surface area contributed by atoms with E-state index in [1.165, 1.54) is 17.0 Å². The summed E-state index contributed by atoms with van der Waals surface area (Å²) in [5, 5.41) is 11.1. The van der Waals surface area contributed by atoms with Crippen molar-refractivity contribution in [3.05, 3.63) is 75.5 Å². The Morgan fingerprint density at radius 3 is 2.00 bits per heavy atom. The molecule has 7 heteroatoms. The molecule has 2 heterocycles. The molecule has 0 radical (unpaired) electrons. The average molecular weight is 448 g/mol. The predicted molar refractivity (Wildman–Crippen MR) is 128 cm³/mol. The van der Waals surface area contributed by atoms with Crippen molar-refractivity contribution in [3.63, 3.8) is 0 Å². The fourth-order valence-electron chi connectivity index (χ4n) is 4.40. The van der Waals surface area contributed by atoms with E-state index < -0.39 is 10.8 Å². The van der Waals surface area contributed by atoms with Crippen molar-refractivity contribution in [1.29, 1.82) is 0 Å². The number of hydrogen-bond acceptors (Lipinski definition) is 5. The predicted octanol–water partition coefficient (Wildman–Crippen LogP) is 4.91. The number of nitro benzene ring substituents is 1. The summed E-state index contributed by atoms with van der Waals surface area (Å²) in [6.07, 6.45) is 1.89. The Hall–Kier alpha value is -3.48. The summed E-state index contributed by atoms with van der Waals surface area (Å²) < 4.78 is 0. The van der Waals surface area contributed by atoms with Crippen molar-refractivity contribution in [3.8, 4) is 0 Å². The highest BCUT2D eigenvalue weighted by molar-refractivity contribution is 6.45. The van der Waals surface area contributed by atoms with Crippen LogP contribution in [0.15, 0.2) is 54.2 Å². The SMILES string of the molecule is CC1CCN(C2=C(c3ccc([N+](=O)[O-])cc3)C(=O)N(c3ccc(C(C)(C)C)cc3)C2=O)CC1. The van der Waals surface area contributed by atoms with Gasteiger partial charge in [0.2, 0.25) is 0 Å². The smallest absolute Gasteiger partial charge is 0.282 e. The van der Waals surface area contributed by atoms with Crippen LogP contribution in [0.2, 0.25) is 0 Å². The molecule has 7 nitrogen and oxygen atoms in total. The Bertz CT molecular complexity index is 1120. The molecule has 1 fully saturated rings. The lowest BCUT2D eigenvalue weighted by molar-refractivity contribution is -0.384. The molecule has 2 aliphatic heterocycles. The lowest BCUT2D eigenvalue weighted by atomic mass is 9.87.